The number of hydrogen-bond donors (Lipinski definition) is 0. The van der Waals surface area contributed by atoms with Crippen molar-refractivity contribution in [2.75, 3.05) is 0 Å². The molecule has 0 aromatic heterocycles. The molecule has 2 nitrogen and oxygen atoms in total. The monoisotopic (exact) mass is 502 g/mol. The molecule has 0 aliphatic heterocycles. The molecule has 35 heavy (non-hydrogen) atoms. The standard InChI is InChI=1S/C29H33F3O2S/c1-19(2)22-7-13-25(14-8-22)35(34-28(33)29(30,31)32,26-15-9-23(10-16-26)20(3)4)27-17-11-24(12-18-27)21(5)6/h7-21H,1-6H3. The van der Waals surface area contributed by atoms with Crippen LogP contribution < -0.4 is 0 Å². The Kier molecular flexibility index (Phi) is 8.05. The molecule has 0 unspecified atom stereocenters. The van der Waals surface area contributed by atoms with E-state index in [1.54, 1.807) is 36.4 Å². The van der Waals surface area contributed by atoms with Gasteiger partial charge in [0.2, 0.25) is 0 Å². The molecule has 0 saturated carbocycles. The van der Waals surface area contributed by atoms with Crippen LogP contribution >= 0.6 is 10.3 Å². The van der Waals surface area contributed by atoms with Crippen LogP contribution in [0.3, 0.4) is 0 Å². The maximum absolute atomic E-state index is 13.6. The Bertz CT molecular complexity index is 1010. The Hall–Kier alpha value is -2.73. The maximum atomic E-state index is 13.6. The summed E-state index contributed by atoms with van der Waals surface area (Å²) < 4.78 is 46.3. The Balaban J connectivity index is 2.33. The minimum atomic E-state index is -5.12. The first-order chi connectivity index (χ1) is 16.4. The van der Waals surface area contributed by atoms with Crippen molar-refractivity contribution in [2.24, 2.45) is 0 Å². The topological polar surface area (TPSA) is 26.3 Å². The van der Waals surface area contributed by atoms with Gasteiger partial charge in [0.1, 0.15) is 0 Å². The Labute approximate surface area is 208 Å². The summed E-state index contributed by atoms with van der Waals surface area (Å²) in [6, 6.07) is 22.1. The molecule has 188 valence electrons. The molecule has 3 aromatic carbocycles. The lowest BCUT2D eigenvalue weighted by Gasteiger charge is -2.40. The fourth-order valence-electron chi connectivity index (χ4n) is 3.85. The summed E-state index contributed by atoms with van der Waals surface area (Å²) >= 11 is 0. The van der Waals surface area contributed by atoms with Gasteiger partial charge in [0, 0.05) is 14.7 Å². The molecule has 0 bridgehead atoms. The number of benzene rings is 3. The normalized spacial score (nSPS) is 12.9. The molecule has 0 amide bonds. The van der Waals surface area contributed by atoms with E-state index in [0.29, 0.717) is 14.7 Å². The van der Waals surface area contributed by atoms with E-state index in [4.69, 9.17) is 4.18 Å². The molecule has 0 atom stereocenters. The second-order valence-electron chi connectivity index (χ2n) is 9.60. The fourth-order valence-corrected chi connectivity index (χ4v) is 6.83. The third-order valence-corrected chi connectivity index (χ3v) is 9.28. The number of carbonyl (C=O) groups is 1. The van der Waals surface area contributed by atoms with Crippen LogP contribution in [0.25, 0.3) is 0 Å². The van der Waals surface area contributed by atoms with Crippen LogP contribution in [-0.4, -0.2) is 12.1 Å². The first-order valence-electron chi connectivity index (χ1n) is 11.8. The van der Waals surface area contributed by atoms with Gasteiger partial charge in [0.25, 0.3) is 0 Å². The molecule has 6 heteroatoms. The predicted octanol–water partition coefficient (Wildman–Crippen LogP) is 9.36. The van der Waals surface area contributed by atoms with Gasteiger partial charge < -0.3 is 4.18 Å². The van der Waals surface area contributed by atoms with Gasteiger partial charge in [-0.15, -0.1) is 0 Å². The fraction of sp³-hybridized carbons (Fsp3) is 0.345. The van der Waals surface area contributed by atoms with Gasteiger partial charge in [-0.05, 0) is 81.2 Å². The number of carbonyl (C=O) groups excluding carboxylic acids is 1. The SMILES string of the molecule is CC(C)c1ccc(S(OC(=O)C(F)(F)F)(c2ccc(C(C)C)cc2)c2ccc(C(C)C)cc2)cc1. The van der Waals surface area contributed by atoms with Gasteiger partial charge in [-0.25, -0.2) is 4.79 Å². The molecular weight excluding hydrogens is 469 g/mol. The molecule has 3 rings (SSSR count). The van der Waals surface area contributed by atoms with Crippen LogP contribution in [0, 0.1) is 0 Å². The first-order valence-corrected chi connectivity index (χ1v) is 13.4. The van der Waals surface area contributed by atoms with E-state index in [0.717, 1.165) is 16.7 Å². The van der Waals surface area contributed by atoms with Crippen LogP contribution in [0.5, 0.6) is 0 Å². The molecule has 0 spiro atoms. The van der Waals surface area contributed by atoms with Crippen LogP contribution in [-0.2, 0) is 8.98 Å². The van der Waals surface area contributed by atoms with E-state index >= 15 is 0 Å². The first kappa shape index (κ1) is 26.9. The Morgan fingerprint density at radius 2 is 0.857 bits per heavy atom. The quantitative estimate of drug-likeness (QED) is 0.322. The highest BCUT2D eigenvalue weighted by Gasteiger charge is 2.47. The molecule has 0 saturated heterocycles. The smallest absolute Gasteiger partial charge is 0.395 e. The summed E-state index contributed by atoms with van der Waals surface area (Å²) in [6.07, 6.45) is -5.12. The molecule has 0 N–H and O–H groups in total. The van der Waals surface area contributed by atoms with E-state index in [1.807, 2.05) is 77.9 Å². The lowest BCUT2D eigenvalue weighted by atomic mass is 10.0. The van der Waals surface area contributed by atoms with Gasteiger partial charge in [-0.1, -0.05) is 77.9 Å². The van der Waals surface area contributed by atoms with E-state index in [9.17, 15) is 18.0 Å². The zero-order valence-electron chi connectivity index (χ0n) is 21.0. The number of rotatable bonds is 7. The Morgan fingerprint density at radius 3 is 1.06 bits per heavy atom. The molecular formula is C29H33F3O2S. The van der Waals surface area contributed by atoms with Gasteiger partial charge >= 0.3 is 12.1 Å². The van der Waals surface area contributed by atoms with Crippen molar-refractivity contribution in [3.63, 3.8) is 0 Å². The largest absolute Gasteiger partial charge is 0.491 e. The van der Waals surface area contributed by atoms with Gasteiger partial charge in [0.15, 0.2) is 0 Å². The van der Waals surface area contributed by atoms with Gasteiger partial charge in [-0.3, -0.25) is 0 Å². The summed E-state index contributed by atoms with van der Waals surface area (Å²) in [4.78, 5) is 14.0. The van der Waals surface area contributed by atoms with Crippen molar-refractivity contribution in [1.29, 1.82) is 0 Å². The van der Waals surface area contributed by atoms with Crippen molar-refractivity contribution in [3.05, 3.63) is 89.5 Å². The number of hydrogen-bond acceptors (Lipinski definition) is 2. The third-order valence-electron chi connectivity index (χ3n) is 6.07. The van der Waals surface area contributed by atoms with Crippen LogP contribution in [0.15, 0.2) is 87.5 Å². The molecule has 0 radical (unpaired) electrons. The second kappa shape index (κ2) is 10.5. The van der Waals surface area contributed by atoms with E-state index < -0.39 is 22.5 Å². The van der Waals surface area contributed by atoms with Gasteiger partial charge in [-0.2, -0.15) is 13.2 Å². The van der Waals surface area contributed by atoms with E-state index in [-0.39, 0.29) is 17.8 Å². The summed E-state index contributed by atoms with van der Waals surface area (Å²) in [7, 11) is -3.01. The highest BCUT2D eigenvalue weighted by Crippen LogP contribution is 2.69. The van der Waals surface area contributed by atoms with Crippen molar-refractivity contribution in [1.82, 2.24) is 0 Å². The van der Waals surface area contributed by atoms with Crippen molar-refractivity contribution < 1.29 is 22.1 Å². The molecule has 0 fully saturated rings. The molecule has 0 aliphatic carbocycles. The minimum absolute atomic E-state index is 0.252. The molecule has 0 heterocycles. The zero-order chi connectivity index (χ0) is 26.0. The number of alkyl halides is 3. The van der Waals surface area contributed by atoms with Crippen molar-refractivity contribution in [2.45, 2.75) is 80.2 Å². The average molecular weight is 503 g/mol. The van der Waals surface area contributed by atoms with Crippen molar-refractivity contribution >= 4 is 16.3 Å². The van der Waals surface area contributed by atoms with Crippen LogP contribution in [0.1, 0.15) is 76.0 Å². The van der Waals surface area contributed by atoms with Gasteiger partial charge in [0.05, 0.1) is 0 Å². The maximum Gasteiger partial charge on any atom is 0.491 e. The summed E-state index contributed by atoms with van der Waals surface area (Å²) in [5.74, 6) is -1.44. The molecule has 3 aromatic rings. The lowest BCUT2D eigenvalue weighted by Crippen LogP contribution is -2.27. The minimum Gasteiger partial charge on any atom is -0.395 e. The van der Waals surface area contributed by atoms with E-state index in [1.165, 1.54) is 0 Å². The highest BCUT2D eigenvalue weighted by atomic mass is 32.3. The number of halogens is 3. The lowest BCUT2D eigenvalue weighted by molar-refractivity contribution is -0.188. The third kappa shape index (κ3) is 5.75. The van der Waals surface area contributed by atoms with Crippen LogP contribution in [0.4, 0.5) is 13.2 Å². The summed E-state index contributed by atoms with van der Waals surface area (Å²) in [5, 5.41) is 0. The highest BCUT2D eigenvalue weighted by molar-refractivity contribution is 8.30. The second-order valence-corrected chi connectivity index (χ2v) is 12.3. The summed E-state index contributed by atoms with van der Waals surface area (Å²) in [6.45, 7) is 12.3. The Morgan fingerprint density at radius 1 is 0.600 bits per heavy atom. The molecule has 0 aliphatic rings. The predicted molar refractivity (Wildman–Crippen MR) is 136 cm³/mol. The van der Waals surface area contributed by atoms with E-state index in [2.05, 4.69) is 0 Å². The summed E-state index contributed by atoms with van der Waals surface area (Å²) in [5.41, 5.74) is 3.15. The average Bonchev–Trinajstić information content (AvgIpc) is 2.82. The van der Waals surface area contributed by atoms with Crippen molar-refractivity contribution in [3.8, 4) is 0 Å². The zero-order valence-corrected chi connectivity index (χ0v) is 21.8. The van der Waals surface area contributed by atoms with Crippen LogP contribution in [0.2, 0.25) is 0 Å².